The first kappa shape index (κ1) is 31.4. The Balaban J connectivity index is 1.11. The summed E-state index contributed by atoms with van der Waals surface area (Å²) in [6.07, 6.45) is -7.57. The molecule has 6 heterocycles. The number of nitrogens with zero attached hydrogens (tertiary/aromatic N) is 4. The second kappa shape index (κ2) is 12.7. The van der Waals surface area contributed by atoms with Crippen LogP contribution in [0, 0.1) is 0 Å². The zero-order chi connectivity index (χ0) is 31.3. The number of fused-ring (bicyclic) bond motifs is 2. The summed E-state index contributed by atoms with van der Waals surface area (Å²) in [5, 5.41) is 27.4. The number of thiol groups is 1. The summed E-state index contributed by atoms with van der Waals surface area (Å²) >= 11 is 4.48. The van der Waals surface area contributed by atoms with Crippen molar-refractivity contribution in [1.29, 1.82) is 0 Å². The van der Waals surface area contributed by atoms with Crippen LogP contribution in [0.15, 0.2) is 9.59 Å². The zero-order valence-electron chi connectivity index (χ0n) is 23.0. The van der Waals surface area contributed by atoms with Crippen LogP contribution in [0.4, 0.5) is 34.9 Å². The van der Waals surface area contributed by atoms with Crippen LogP contribution in [0.5, 0.6) is 0 Å². The zero-order valence-corrected chi connectivity index (χ0v) is 26.0. The predicted molar refractivity (Wildman–Crippen MR) is 163 cm³/mol. The van der Waals surface area contributed by atoms with E-state index in [9.17, 15) is 19.8 Å². The van der Waals surface area contributed by atoms with Crippen LogP contribution in [0.1, 0.15) is 0 Å². The Morgan fingerprint density at radius 2 is 1.52 bits per heavy atom. The molecule has 4 aliphatic rings. The number of H-pyrrole nitrogens is 2. The van der Waals surface area contributed by atoms with Gasteiger partial charge in [0, 0.05) is 16.6 Å². The van der Waals surface area contributed by atoms with Crippen LogP contribution in [-0.4, -0.2) is 113 Å². The fraction of sp³-hybridized carbons (Fsp3) is 0.619. The first-order valence-electron chi connectivity index (χ1n) is 13.2. The van der Waals surface area contributed by atoms with Crippen LogP contribution < -0.4 is 43.0 Å². The van der Waals surface area contributed by atoms with Crippen LogP contribution in [0.3, 0.4) is 0 Å². The minimum absolute atomic E-state index is 0.0535. The lowest BCUT2D eigenvalue weighted by molar-refractivity contribution is -0.0229. The minimum atomic E-state index is -1.91. The molecule has 0 bridgehead atoms. The van der Waals surface area contributed by atoms with Crippen LogP contribution in [0.2, 0.25) is 0 Å². The van der Waals surface area contributed by atoms with Gasteiger partial charge in [0.05, 0.1) is 26.6 Å². The Bertz CT molecular complexity index is 1490. The molecular formula is C21H32N10O10P2S. The predicted octanol–water partition coefficient (Wildman–Crippen LogP) is -2.35. The number of rotatable bonds is 10. The number of ether oxygens (including phenoxy) is 3. The van der Waals surface area contributed by atoms with E-state index in [2.05, 4.69) is 52.3 Å². The number of nitrogens with two attached hydrogens (primary N) is 2. The molecule has 2 aromatic rings. The average molecular weight is 679 g/mol. The molecule has 0 aromatic carbocycles. The molecule has 6 rings (SSSR count). The van der Waals surface area contributed by atoms with Gasteiger partial charge < -0.3 is 69.9 Å². The van der Waals surface area contributed by atoms with E-state index in [-0.39, 0.29) is 55.6 Å². The minimum Gasteiger partial charge on any atom is -0.387 e. The van der Waals surface area contributed by atoms with Gasteiger partial charge in [-0.1, -0.05) is 12.2 Å². The lowest BCUT2D eigenvalue weighted by atomic mass is 10.1. The molecular weight excluding hydrogens is 646 g/mol. The highest BCUT2D eigenvalue weighted by molar-refractivity contribution is 8.41. The van der Waals surface area contributed by atoms with Gasteiger partial charge in [0.2, 0.25) is 19.5 Å². The largest absolute Gasteiger partial charge is 0.387 e. The molecule has 0 saturated carbocycles. The second-order valence-electron chi connectivity index (χ2n) is 10.2. The summed E-state index contributed by atoms with van der Waals surface area (Å²) in [5.74, 6) is 0.325. The van der Waals surface area contributed by atoms with Gasteiger partial charge >= 0.3 is 0 Å². The van der Waals surface area contributed by atoms with Gasteiger partial charge in [0.25, 0.3) is 11.1 Å². The molecule has 0 aliphatic carbocycles. The molecule has 23 heteroatoms. The Morgan fingerprint density at radius 1 is 0.955 bits per heavy atom. The number of hydrogen-bond donors (Lipinski definition) is 9. The molecule has 20 nitrogen and oxygen atoms in total. The molecule has 44 heavy (non-hydrogen) atoms. The lowest BCUT2D eigenvalue weighted by Crippen LogP contribution is -2.46. The van der Waals surface area contributed by atoms with Gasteiger partial charge in [-0.2, -0.15) is 9.97 Å². The third-order valence-electron chi connectivity index (χ3n) is 7.56. The molecule has 6 unspecified atom stereocenters. The fourth-order valence-corrected chi connectivity index (χ4v) is 7.07. The lowest BCUT2D eigenvalue weighted by Gasteiger charge is -2.29. The van der Waals surface area contributed by atoms with Crippen molar-refractivity contribution in [3.8, 4) is 0 Å². The average Bonchev–Trinajstić information content (AvgIpc) is 3.73. The van der Waals surface area contributed by atoms with E-state index in [0.29, 0.717) is 5.82 Å². The van der Waals surface area contributed by atoms with Gasteiger partial charge in [0.1, 0.15) is 48.0 Å². The highest BCUT2D eigenvalue weighted by atomic mass is 32.7. The summed E-state index contributed by atoms with van der Waals surface area (Å²) in [4.78, 5) is 40.9. The standard InChI is InChI=1S/C21H32N10O10P2S/c1-36-13-12(7(2-37-42)40-19(13)31-5-25-9-15(31)27-21(23)29-17(9)35)41-43(44)38-3-6-10(32)11(33)18(39-6)30-4-24-8-14(30)26-20(22)28-16(8)34/h6-7,10-13,18-19,24-25,32-33,44H,2-5,42H2,1H3,(H3,22,26,28,34)(H3,23,27,29,35)/t6-,7-,10?,11?,12?,13?,18-,19-,43?/m1/s1. The van der Waals surface area contributed by atoms with Crippen molar-refractivity contribution in [2.45, 2.75) is 49.1 Å². The van der Waals surface area contributed by atoms with Gasteiger partial charge in [0.15, 0.2) is 24.1 Å². The summed E-state index contributed by atoms with van der Waals surface area (Å²) in [5.41, 5.74) is 11.0. The van der Waals surface area contributed by atoms with Crippen LogP contribution in [0.25, 0.3) is 0 Å². The van der Waals surface area contributed by atoms with Crippen LogP contribution in [-0.2, 0) is 27.8 Å². The summed E-state index contributed by atoms with van der Waals surface area (Å²) in [6.45, 7) is 0.193. The number of aromatic amines is 2. The Morgan fingerprint density at radius 3 is 2.09 bits per heavy atom. The maximum Gasteiger partial charge on any atom is 0.277 e. The van der Waals surface area contributed by atoms with Gasteiger partial charge in [-0.3, -0.25) is 19.6 Å². The molecule has 0 radical (unpaired) electrons. The third-order valence-corrected chi connectivity index (χ3v) is 9.18. The Kier molecular flexibility index (Phi) is 9.06. The van der Waals surface area contributed by atoms with E-state index < -0.39 is 67.8 Å². The molecule has 10 atom stereocenters. The Labute approximate surface area is 257 Å². The first-order valence-corrected chi connectivity index (χ1v) is 16.0. The highest BCUT2D eigenvalue weighted by Crippen LogP contribution is 2.49. The number of aliphatic hydroxyl groups excluding tert-OH is 2. The van der Waals surface area contributed by atoms with E-state index in [1.54, 1.807) is 4.90 Å². The monoisotopic (exact) mass is 678 g/mol. The first-order chi connectivity index (χ1) is 21.1. The molecule has 2 aromatic heterocycles. The third kappa shape index (κ3) is 5.67. The number of nitrogens with one attached hydrogen (secondary N) is 4. The van der Waals surface area contributed by atoms with Crippen molar-refractivity contribution in [1.82, 2.24) is 19.9 Å². The van der Waals surface area contributed by atoms with E-state index in [1.165, 1.54) is 12.0 Å². The smallest absolute Gasteiger partial charge is 0.277 e. The van der Waals surface area contributed by atoms with Gasteiger partial charge in [-0.25, -0.2) is 0 Å². The molecule has 2 fully saturated rings. The topological polar surface area (TPSA) is 270 Å². The van der Waals surface area contributed by atoms with Crippen molar-refractivity contribution in [3.05, 3.63) is 20.7 Å². The normalized spacial score (nSPS) is 31.6. The number of anilines is 6. The van der Waals surface area contributed by atoms with Crippen molar-refractivity contribution < 1.29 is 38.0 Å². The quantitative estimate of drug-likeness (QED) is 0.0940. The molecule has 10 N–H and O–H groups in total. The fourth-order valence-electron chi connectivity index (χ4n) is 5.55. The summed E-state index contributed by atoms with van der Waals surface area (Å²) in [7, 11) is 1.73. The number of methoxy groups -OCH3 is 1. The highest BCUT2D eigenvalue weighted by Gasteiger charge is 2.52. The Hall–Kier alpha value is -2.55. The van der Waals surface area contributed by atoms with E-state index in [0.717, 1.165) is 0 Å². The SMILES string of the molecule is COC1C(OP(S)OC[C@H]2O[C@@H](N3CNc4c3nc(N)[nH]c4=O)C(O)C2O)[C@@H](COP)O[C@H]1N1CNc2c1nc(N)[nH]c2=O. The number of hydrogen-bond acceptors (Lipinski definition) is 19. The molecule has 2 saturated heterocycles. The van der Waals surface area contributed by atoms with E-state index in [1.807, 2.05) is 0 Å². The van der Waals surface area contributed by atoms with Crippen molar-refractivity contribution in [3.63, 3.8) is 0 Å². The van der Waals surface area contributed by atoms with E-state index >= 15 is 0 Å². The summed E-state index contributed by atoms with van der Waals surface area (Å²) < 4.78 is 35.2. The number of nitrogen functional groups attached to an aromatic ring is 2. The van der Waals surface area contributed by atoms with Gasteiger partial charge in [-0.15, -0.1) is 0 Å². The number of aromatic nitrogens is 4. The second-order valence-corrected chi connectivity index (χ2v) is 12.4. The summed E-state index contributed by atoms with van der Waals surface area (Å²) in [6, 6.07) is 0. The number of aliphatic hydroxyl groups is 2. The maximum absolute atomic E-state index is 12.3. The van der Waals surface area contributed by atoms with Crippen molar-refractivity contribution in [2.24, 2.45) is 0 Å². The molecule has 4 aliphatic heterocycles. The molecule has 242 valence electrons. The van der Waals surface area contributed by atoms with E-state index in [4.69, 9.17) is 39.2 Å². The van der Waals surface area contributed by atoms with Crippen LogP contribution >= 0.6 is 29.3 Å². The molecule has 0 amide bonds. The van der Waals surface area contributed by atoms with Crippen molar-refractivity contribution >= 4 is 64.2 Å². The molecule has 0 spiro atoms. The van der Waals surface area contributed by atoms with Gasteiger partial charge in [-0.05, 0) is 0 Å². The van der Waals surface area contributed by atoms with Crippen molar-refractivity contribution in [2.75, 3.05) is 65.6 Å². The maximum atomic E-state index is 12.3.